The molecule has 0 unspecified atom stereocenters. The highest BCUT2D eigenvalue weighted by Crippen LogP contribution is 2.22. The predicted molar refractivity (Wildman–Crippen MR) is 109 cm³/mol. The molecule has 1 heterocycles. The van der Waals surface area contributed by atoms with Crippen LogP contribution in [0, 0.1) is 6.92 Å². The summed E-state index contributed by atoms with van der Waals surface area (Å²) in [5.74, 6) is 0.00882. The van der Waals surface area contributed by atoms with E-state index in [9.17, 15) is 18.3 Å². The molecule has 1 aliphatic rings. The zero-order chi connectivity index (χ0) is 20.3. The molecule has 1 fully saturated rings. The molecular weight excluding hydrogens is 400 g/mol. The van der Waals surface area contributed by atoms with Crippen LogP contribution in [-0.4, -0.2) is 43.5 Å². The molecule has 8 heteroatoms. The number of aliphatic hydroxyl groups is 1. The van der Waals surface area contributed by atoms with E-state index in [0.717, 1.165) is 11.1 Å². The van der Waals surface area contributed by atoms with Gasteiger partial charge in [-0.05, 0) is 55.2 Å². The van der Waals surface area contributed by atoms with Crippen molar-refractivity contribution in [1.29, 1.82) is 0 Å². The molecule has 1 aliphatic heterocycles. The van der Waals surface area contributed by atoms with E-state index in [-0.39, 0.29) is 23.3 Å². The smallest absolute Gasteiger partial charge is 0.261 e. The molecule has 0 aliphatic carbocycles. The van der Waals surface area contributed by atoms with Gasteiger partial charge in [0.2, 0.25) is 5.91 Å². The fourth-order valence-corrected chi connectivity index (χ4v) is 4.38. The number of hydrogen-bond donors (Lipinski definition) is 2. The first-order chi connectivity index (χ1) is 13.2. The van der Waals surface area contributed by atoms with Crippen LogP contribution in [-0.2, 0) is 21.2 Å². The highest BCUT2D eigenvalue weighted by Gasteiger charge is 2.21. The minimum Gasteiger partial charge on any atom is -0.393 e. The molecule has 1 amide bonds. The van der Waals surface area contributed by atoms with Crippen molar-refractivity contribution in [3.05, 3.63) is 58.6 Å². The Labute approximate surface area is 170 Å². The van der Waals surface area contributed by atoms with Gasteiger partial charge >= 0.3 is 0 Å². The fourth-order valence-electron chi connectivity index (χ4n) is 3.05. The van der Waals surface area contributed by atoms with Gasteiger partial charge in [-0.15, -0.1) is 0 Å². The second-order valence-electron chi connectivity index (χ2n) is 7.00. The maximum absolute atomic E-state index is 12.5. The number of carbonyl (C=O) groups excluding carboxylic acids is 1. The van der Waals surface area contributed by atoms with Crippen molar-refractivity contribution in [2.24, 2.45) is 0 Å². The Hall–Kier alpha value is -2.09. The summed E-state index contributed by atoms with van der Waals surface area (Å²) in [5.41, 5.74) is 2.02. The van der Waals surface area contributed by atoms with Crippen LogP contribution in [0.5, 0.6) is 0 Å². The van der Waals surface area contributed by atoms with Crippen LogP contribution in [0.3, 0.4) is 0 Å². The van der Waals surface area contributed by atoms with E-state index in [1.807, 2.05) is 0 Å². The summed E-state index contributed by atoms with van der Waals surface area (Å²) in [6.45, 7) is 2.94. The lowest BCUT2D eigenvalue weighted by molar-refractivity contribution is -0.132. The second-order valence-corrected chi connectivity index (χ2v) is 9.09. The molecule has 0 spiro atoms. The summed E-state index contributed by atoms with van der Waals surface area (Å²) in [5, 5.41) is 9.92. The van der Waals surface area contributed by atoms with Crippen molar-refractivity contribution in [1.82, 2.24) is 4.90 Å². The van der Waals surface area contributed by atoms with Gasteiger partial charge in [-0.25, -0.2) is 8.42 Å². The molecule has 2 N–H and O–H groups in total. The van der Waals surface area contributed by atoms with Gasteiger partial charge in [-0.1, -0.05) is 29.8 Å². The van der Waals surface area contributed by atoms with Crippen LogP contribution in [0.2, 0.25) is 5.02 Å². The molecule has 2 aromatic carbocycles. The van der Waals surface area contributed by atoms with Crippen molar-refractivity contribution >= 4 is 33.2 Å². The number of aliphatic hydroxyl groups excluding tert-OH is 1. The molecule has 0 radical (unpaired) electrons. The lowest BCUT2D eigenvalue weighted by Gasteiger charge is -2.29. The monoisotopic (exact) mass is 422 g/mol. The second kappa shape index (κ2) is 8.51. The lowest BCUT2D eigenvalue weighted by Crippen LogP contribution is -2.40. The van der Waals surface area contributed by atoms with Crippen LogP contribution in [0.15, 0.2) is 47.4 Å². The highest BCUT2D eigenvalue weighted by atomic mass is 35.5. The number of rotatable bonds is 5. The van der Waals surface area contributed by atoms with Gasteiger partial charge in [-0.2, -0.15) is 0 Å². The number of benzene rings is 2. The first kappa shape index (κ1) is 20.6. The van der Waals surface area contributed by atoms with Gasteiger partial charge in [0.1, 0.15) is 0 Å². The van der Waals surface area contributed by atoms with Crippen LogP contribution >= 0.6 is 11.6 Å². The van der Waals surface area contributed by atoms with Gasteiger partial charge in [0, 0.05) is 23.8 Å². The molecule has 0 bridgehead atoms. The van der Waals surface area contributed by atoms with Gasteiger partial charge < -0.3 is 10.0 Å². The van der Waals surface area contributed by atoms with Crippen LogP contribution in [0.25, 0.3) is 0 Å². The lowest BCUT2D eigenvalue weighted by atomic mass is 10.1. The molecular formula is C20H23ClN2O4S. The van der Waals surface area contributed by atoms with E-state index in [0.29, 0.717) is 36.6 Å². The molecule has 6 nitrogen and oxygen atoms in total. The third kappa shape index (κ3) is 5.04. The zero-order valence-electron chi connectivity index (χ0n) is 15.6. The number of anilines is 1. The summed E-state index contributed by atoms with van der Waals surface area (Å²) in [4.78, 5) is 14.2. The van der Waals surface area contributed by atoms with E-state index >= 15 is 0 Å². The molecule has 28 heavy (non-hydrogen) atoms. The number of nitrogens with zero attached hydrogens (tertiary/aromatic N) is 1. The van der Waals surface area contributed by atoms with Crippen LogP contribution in [0.4, 0.5) is 5.69 Å². The zero-order valence-corrected chi connectivity index (χ0v) is 17.1. The van der Waals surface area contributed by atoms with E-state index in [4.69, 9.17) is 11.6 Å². The Morgan fingerprint density at radius 3 is 2.43 bits per heavy atom. The third-order valence-corrected chi connectivity index (χ3v) is 6.62. The maximum Gasteiger partial charge on any atom is 0.261 e. The Morgan fingerprint density at radius 2 is 1.82 bits per heavy atom. The largest absolute Gasteiger partial charge is 0.393 e. The standard InChI is InChI=1S/C20H23ClN2O4S/c1-14-2-7-18(13-19(14)21)28(26,27)22-16-5-3-15(4-6-16)12-20(25)23-10-8-17(24)9-11-23/h2-7,13,17,22,24H,8-12H2,1H3. The van der Waals surface area contributed by atoms with E-state index in [1.54, 1.807) is 42.2 Å². The number of hydrogen-bond acceptors (Lipinski definition) is 4. The Morgan fingerprint density at radius 1 is 1.18 bits per heavy atom. The number of nitrogens with one attached hydrogen (secondary N) is 1. The minimum absolute atomic E-state index is 0.00882. The SMILES string of the molecule is Cc1ccc(S(=O)(=O)Nc2ccc(CC(=O)N3CCC(O)CC3)cc2)cc1Cl. The van der Waals surface area contributed by atoms with Crippen molar-refractivity contribution < 1.29 is 18.3 Å². The number of sulfonamides is 1. The fraction of sp³-hybridized carbons (Fsp3) is 0.350. The molecule has 0 atom stereocenters. The number of amides is 1. The molecule has 150 valence electrons. The maximum atomic E-state index is 12.5. The predicted octanol–water partition coefficient (Wildman–Crippen LogP) is 2.98. The van der Waals surface area contributed by atoms with Crippen LogP contribution < -0.4 is 4.72 Å². The average molecular weight is 423 g/mol. The van der Waals surface area contributed by atoms with E-state index < -0.39 is 10.0 Å². The quantitative estimate of drug-likeness (QED) is 0.775. The topological polar surface area (TPSA) is 86.7 Å². The summed E-state index contributed by atoms with van der Waals surface area (Å²) in [7, 11) is -3.74. The van der Waals surface area contributed by atoms with Crippen molar-refractivity contribution in [2.75, 3.05) is 17.8 Å². The van der Waals surface area contributed by atoms with Gasteiger partial charge in [-0.3, -0.25) is 9.52 Å². The number of aryl methyl sites for hydroxylation is 1. The van der Waals surface area contributed by atoms with Crippen molar-refractivity contribution in [3.8, 4) is 0 Å². The van der Waals surface area contributed by atoms with Gasteiger partial charge in [0.25, 0.3) is 10.0 Å². The highest BCUT2D eigenvalue weighted by molar-refractivity contribution is 7.92. The first-order valence-electron chi connectivity index (χ1n) is 9.08. The van der Waals surface area contributed by atoms with Crippen molar-refractivity contribution in [2.45, 2.75) is 37.2 Å². The Balaban J connectivity index is 1.64. The van der Waals surface area contributed by atoms with Gasteiger partial charge in [0.05, 0.1) is 17.4 Å². The molecule has 0 saturated carbocycles. The van der Waals surface area contributed by atoms with E-state index in [1.165, 1.54) is 12.1 Å². The number of carbonyl (C=O) groups is 1. The number of piperidine rings is 1. The molecule has 3 rings (SSSR count). The normalized spacial score (nSPS) is 15.5. The molecule has 1 saturated heterocycles. The first-order valence-corrected chi connectivity index (χ1v) is 10.9. The minimum atomic E-state index is -3.74. The van der Waals surface area contributed by atoms with Gasteiger partial charge in [0.15, 0.2) is 0 Å². The van der Waals surface area contributed by atoms with Crippen molar-refractivity contribution in [3.63, 3.8) is 0 Å². The van der Waals surface area contributed by atoms with E-state index in [2.05, 4.69) is 4.72 Å². The molecule has 0 aromatic heterocycles. The summed E-state index contributed by atoms with van der Waals surface area (Å²) in [6.07, 6.45) is 1.14. The Kier molecular flexibility index (Phi) is 6.27. The number of likely N-dealkylation sites (tertiary alicyclic amines) is 1. The third-order valence-electron chi connectivity index (χ3n) is 4.83. The Bertz CT molecular complexity index is 953. The van der Waals surface area contributed by atoms with Crippen LogP contribution in [0.1, 0.15) is 24.0 Å². The summed E-state index contributed by atoms with van der Waals surface area (Å²) in [6, 6.07) is 11.3. The molecule has 2 aromatic rings. The summed E-state index contributed by atoms with van der Waals surface area (Å²) < 4.78 is 27.5. The number of halogens is 1. The summed E-state index contributed by atoms with van der Waals surface area (Å²) >= 11 is 6.02. The average Bonchev–Trinajstić information content (AvgIpc) is 2.65.